The largest absolute Gasteiger partial charge is 0.493 e. The fraction of sp³-hybridized carbons (Fsp3) is 0.429. The minimum absolute atomic E-state index is 0.179. The Morgan fingerprint density at radius 1 is 1.32 bits per heavy atom. The minimum Gasteiger partial charge on any atom is -0.493 e. The summed E-state index contributed by atoms with van der Waals surface area (Å²) in [4.78, 5) is 4.36. The first-order chi connectivity index (χ1) is 9.26. The molecular weight excluding hydrogens is 242 g/mol. The number of nitrogens with zero attached hydrogens (tertiary/aromatic N) is 2. The topological polar surface area (TPSA) is 74.2 Å². The van der Waals surface area contributed by atoms with Gasteiger partial charge in [0.1, 0.15) is 5.75 Å². The van der Waals surface area contributed by atoms with Gasteiger partial charge in [-0.1, -0.05) is 30.6 Å². The highest BCUT2D eigenvalue weighted by Crippen LogP contribution is 2.29. The quantitative estimate of drug-likeness (QED) is 0.865. The van der Waals surface area contributed by atoms with Crippen molar-refractivity contribution >= 4 is 0 Å². The van der Waals surface area contributed by atoms with Crippen LogP contribution in [0.1, 0.15) is 38.6 Å². The summed E-state index contributed by atoms with van der Waals surface area (Å²) < 4.78 is 10.8. The van der Waals surface area contributed by atoms with Gasteiger partial charge < -0.3 is 15.0 Å². The van der Waals surface area contributed by atoms with Gasteiger partial charge in [0.2, 0.25) is 0 Å². The monoisotopic (exact) mass is 261 g/mol. The van der Waals surface area contributed by atoms with E-state index in [-0.39, 0.29) is 6.04 Å². The van der Waals surface area contributed by atoms with Gasteiger partial charge in [-0.15, -0.1) is 0 Å². The molecule has 2 aromatic rings. The highest BCUT2D eigenvalue weighted by atomic mass is 16.5. The highest BCUT2D eigenvalue weighted by Gasteiger charge is 2.17. The molecular formula is C14H19N3O2. The van der Waals surface area contributed by atoms with E-state index in [1.165, 1.54) is 0 Å². The highest BCUT2D eigenvalue weighted by molar-refractivity contribution is 5.62. The molecule has 1 unspecified atom stereocenters. The zero-order valence-corrected chi connectivity index (χ0v) is 11.3. The maximum atomic E-state index is 5.98. The van der Waals surface area contributed by atoms with E-state index in [2.05, 4.69) is 17.1 Å². The van der Waals surface area contributed by atoms with Crippen molar-refractivity contribution < 1.29 is 9.26 Å². The number of aromatic nitrogens is 2. The Kier molecular flexibility index (Phi) is 4.52. The zero-order valence-electron chi connectivity index (χ0n) is 11.3. The molecule has 19 heavy (non-hydrogen) atoms. The summed E-state index contributed by atoms with van der Waals surface area (Å²) in [6.07, 6.45) is 1.83. The average Bonchev–Trinajstić information content (AvgIpc) is 2.90. The lowest BCUT2D eigenvalue weighted by Crippen LogP contribution is -2.11. The third-order valence-corrected chi connectivity index (χ3v) is 2.79. The van der Waals surface area contributed by atoms with Gasteiger partial charge in [-0.2, -0.15) is 4.98 Å². The Labute approximate surface area is 112 Å². The summed E-state index contributed by atoms with van der Waals surface area (Å²) in [6, 6.07) is 7.42. The number of ether oxygens (including phenoxy) is 1. The van der Waals surface area contributed by atoms with Crippen molar-refractivity contribution in [3.8, 4) is 17.2 Å². The van der Waals surface area contributed by atoms with Crippen molar-refractivity contribution in [2.45, 2.75) is 32.7 Å². The number of rotatable bonds is 6. The van der Waals surface area contributed by atoms with Crippen molar-refractivity contribution in [3.63, 3.8) is 0 Å². The molecule has 0 spiro atoms. The van der Waals surface area contributed by atoms with Crippen molar-refractivity contribution in [2.24, 2.45) is 5.73 Å². The van der Waals surface area contributed by atoms with Gasteiger partial charge in [-0.05, 0) is 25.5 Å². The van der Waals surface area contributed by atoms with Crippen LogP contribution in [-0.2, 0) is 0 Å². The van der Waals surface area contributed by atoms with Crippen LogP contribution in [0.5, 0.6) is 5.75 Å². The Morgan fingerprint density at radius 2 is 2.11 bits per heavy atom. The number of benzene rings is 1. The van der Waals surface area contributed by atoms with Crippen LogP contribution >= 0.6 is 0 Å². The van der Waals surface area contributed by atoms with Gasteiger partial charge in [-0.25, -0.2) is 0 Å². The lowest BCUT2D eigenvalue weighted by atomic mass is 10.1. The van der Waals surface area contributed by atoms with Crippen molar-refractivity contribution in [1.82, 2.24) is 10.1 Å². The predicted octanol–water partition coefficient (Wildman–Crippen LogP) is 2.94. The molecule has 0 aliphatic heterocycles. The third-order valence-electron chi connectivity index (χ3n) is 2.79. The first-order valence-electron chi connectivity index (χ1n) is 6.57. The molecule has 1 atom stereocenters. The second kappa shape index (κ2) is 6.33. The van der Waals surface area contributed by atoms with E-state index in [0.29, 0.717) is 18.3 Å². The Hall–Kier alpha value is -1.88. The lowest BCUT2D eigenvalue weighted by Gasteiger charge is -2.06. The first-order valence-corrected chi connectivity index (χ1v) is 6.57. The molecule has 0 bridgehead atoms. The molecule has 5 heteroatoms. The number of nitrogens with two attached hydrogens (primary N) is 1. The molecule has 0 aliphatic carbocycles. The van der Waals surface area contributed by atoms with Crippen LogP contribution < -0.4 is 10.5 Å². The summed E-state index contributed by atoms with van der Waals surface area (Å²) in [7, 11) is 0. The fourth-order valence-corrected chi connectivity index (χ4v) is 1.86. The summed E-state index contributed by atoms with van der Waals surface area (Å²) in [6.45, 7) is 4.60. The van der Waals surface area contributed by atoms with Crippen molar-refractivity contribution in [3.05, 3.63) is 30.1 Å². The molecule has 2 rings (SSSR count). The fourth-order valence-electron chi connectivity index (χ4n) is 1.86. The van der Waals surface area contributed by atoms with Crippen LogP contribution in [0.3, 0.4) is 0 Å². The lowest BCUT2D eigenvalue weighted by molar-refractivity contribution is 0.339. The summed E-state index contributed by atoms with van der Waals surface area (Å²) >= 11 is 0. The van der Waals surface area contributed by atoms with Gasteiger partial charge in [0, 0.05) is 0 Å². The molecule has 2 N–H and O–H groups in total. The van der Waals surface area contributed by atoms with Crippen LogP contribution in [0.2, 0.25) is 0 Å². The molecule has 0 fully saturated rings. The summed E-state index contributed by atoms with van der Waals surface area (Å²) in [5, 5.41) is 3.95. The molecule has 5 nitrogen and oxygen atoms in total. The van der Waals surface area contributed by atoms with E-state index in [9.17, 15) is 0 Å². The Morgan fingerprint density at radius 3 is 2.84 bits per heavy atom. The van der Waals surface area contributed by atoms with Gasteiger partial charge in [0.05, 0.1) is 18.2 Å². The SMILES string of the molecule is CCCC(N)c1noc(-c2ccccc2OCC)n1. The van der Waals surface area contributed by atoms with E-state index in [0.717, 1.165) is 24.2 Å². The normalized spacial score (nSPS) is 12.4. The molecule has 1 aromatic carbocycles. The van der Waals surface area contributed by atoms with Crippen molar-refractivity contribution in [1.29, 1.82) is 0 Å². The van der Waals surface area contributed by atoms with Gasteiger partial charge in [-0.3, -0.25) is 0 Å². The third kappa shape index (κ3) is 3.12. The van der Waals surface area contributed by atoms with Crippen molar-refractivity contribution in [2.75, 3.05) is 6.61 Å². The summed E-state index contributed by atoms with van der Waals surface area (Å²) in [5.74, 6) is 1.73. The molecule has 0 saturated heterocycles. The molecule has 1 aromatic heterocycles. The Balaban J connectivity index is 2.27. The molecule has 102 valence electrons. The van der Waals surface area contributed by atoms with Gasteiger partial charge in [0.15, 0.2) is 5.82 Å². The average molecular weight is 261 g/mol. The van der Waals surface area contributed by atoms with Crippen LogP contribution in [0.25, 0.3) is 11.5 Å². The van der Waals surface area contributed by atoms with E-state index in [1.54, 1.807) is 0 Å². The van der Waals surface area contributed by atoms with E-state index < -0.39 is 0 Å². The molecule has 0 saturated carbocycles. The maximum absolute atomic E-state index is 5.98. The molecule has 0 amide bonds. The molecule has 0 aliphatic rings. The maximum Gasteiger partial charge on any atom is 0.261 e. The van der Waals surface area contributed by atoms with Gasteiger partial charge >= 0.3 is 0 Å². The Bertz CT molecular complexity index is 525. The van der Waals surface area contributed by atoms with E-state index in [1.807, 2.05) is 31.2 Å². The predicted molar refractivity (Wildman–Crippen MR) is 72.7 cm³/mol. The second-order valence-corrected chi connectivity index (χ2v) is 4.28. The summed E-state index contributed by atoms with van der Waals surface area (Å²) in [5.41, 5.74) is 6.78. The number of para-hydroxylation sites is 1. The molecule has 1 heterocycles. The van der Waals surface area contributed by atoms with Crippen LogP contribution in [0.4, 0.5) is 0 Å². The minimum atomic E-state index is -0.179. The molecule has 0 radical (unpaired) electrons. The standard InChI is InChI=1S/C14H19N3O2/c1-3-7-11(15)13-16-14(19-17-13)10-8-5-6-9-12(10)18-4-2/h5-6,8-9,11H,3-4,7,15H2,1-2H3. The van der Waals surface area contributed by atoms with E-state index >= 15 is 0 Å². The number of hydrogen-bond acceptors (Lipinski definition) is 5. The van der Waals surface area contributed by atoms with Crippen LogP contribution in [-0.4, -0.2) is 16.7 Å². The van der Waals surface area contributed by atoms with Crippen LogP contribution in [0, 0.1) is 0 Å². The van der Waals surface area contributed by atoms with Crippen LogP contribution in [0.15, 0.2) is 28.8 Å². The zero-order chi connectivity index (χ0) is 13.7. The van der Waals surface area contributed by atoms with E-state index in [4.69, 9.17) is 15.0 Å². The second-order valence-electron chi connectivity index (χ2n) is 4.28. The smallest absolute Gasteiger partial charge is 0.261 e. The first kappa shape index (κ1) is 13.5. The number of hydrogen-bond donors (Lipinski definition) is 1. The van der Waals surface area contributed by atoms with Gasteiger partial charge in [0.25, 0.3) is 5.89 Å².